The van der Waals surface area contributed by atoms with Crippen LogP contribution < -0.4 is 10.1 Å². The highest BCUT2D eigenvalue weighted by molar-refractivity contribution is 6.30. The minimum Gasteiger partial charge on any atom is -0.504 e. The van der Waals surface area contributed by atoms with Crippen LogP contribution in [0.1, 0.15) is 11.1 Å². The fraction of sp³-hybridized carbons (Fsp3) is 0.200. The van der Waals surface area contributed by atoms with Gasteiger partial charge in [0.25, 0.3) is 0 Å². The summed E-state index contributed by atoms with van der Waals surface area (Å²) < 4.78 is 5.00. The van der Waals surface area contributed by atoms with Crippen molar-refractivity contribution in [2.75, 3.05) is 7.11 Å². The number of ether oxygens (including phenoxy) is 1. The van der Waals surface area contributed by atoms with E-state index in [1.54, 1.807) is 12.1 Å². The number of halogens is 1. The van der Waals surface area contributed by atoms with Gasteiger partial charge in [-0.1, -0.05) is 29.8 Å². The molecule has 2 aromatic carbocycles. The molecule has 100 valence electrons. The molecule has 0 unspecified atom stereocenters. The Hall–Kier alpha value is -1.71. The molecule has 0 aromatic heterocycles. The van der Waals surface area contributed by atoms with Gasteiger partial charge in [0, 0.05) is 18.1 Å². The molecule has 3 nitrogen and oxygen atoms in total. The highest BCUT2D eigenvalue weighted by Gasteiger charge is 2.02. The minimum atomic E-state index is 0.160. The monoisotopic (exact) mass is 277 g/mol. The molecule has 0 amide bonds. The molecule has 0 bridgehead atoms. The molecule has 0 aliphatic carbocycles. The second-order valence-electron chi connectivity index (χ2n) is 4.24. The lowest BCUT2D eigenvalue weighted by Gasteiger charge is -2.08. The Morgan fingerprint density at radius 1 is 1.05 bits per heavy atom. The number of hydrogen-bond donors (Lipinski definition) is 2. The quantitative estimate of drug-likeness (QED) is 0.881. The van der Waals surface area contributed by atoms with Crippen LogP contribution in [0.2, 0.25) is 5.02 Å². The first-order valence-electron chi connectivity index (χ1n) is 6.00. The molecule has 2 N–H and O–H groups in total. The molecular formula is C15H16ClNO2. The summed E-state index contributed by atoms with van der Waals surface area (Å²) in [5.41, 5.74) is 2.18. The summed E-state index contributed by atoms with van der Waals surface area (Å²) in [5, 5.41) is 13.7. The predicted octanol–water partition coefficient (Wildman–Crippen LogP) is 3.34. The molecule has 2 aromatic rings. The summed E-state index contributed by atoms with van der Waals surface area (Å²) >= 11 is 5.83. The van der Waals surface area contributed by atoms with Crippen molar-refractivity contribution in [3.05, 3.63) is 58.6 Å². The molecule has 0 spiro atoms. The third-order valence-corrected chi connectivity index (χ3v) is 3.07. The normalized spacial score (nSPS) is 10.4. The van der Waals surface area contributed by atoms with Crippen LogP contribution in [-0.4, -0.2) is 12.2 Å². The first kappa shape index (κ1) is 13.7. The fourth-order valence-corrected chi connectivity index (χ4v) is 1.92. The van der Waals surface area contributed by atoms with E-state index in [9.17, 15) is 5.11 Å². The number of rotatable bonds is 5. The number of benzene rings is 2. The lowest BCUT2D eigenvalue weighted by molar-refractivity contribution is 0.373. The third kappa shape index (κ3) is 3.88. The average molecular weight is 278 g/mol. The van der Waals surface area contributed by atoms with Gasteiger partial charge in [-0.25, -0.2) is 0 Å². The minimum absolute atomic E-state index is 0.160. The molecule has 19 heavy (non-hydrogen) atoms. The molecule has 0 heterocycles. The van der Waals surface area contributed by atoms with Crippen molar-refractivity contribution in [2.45, 2.75) is 13.1 Å². The molecule has 0 atom stereocenters. The Balaban J connectivity index is 1.88. The maximum absolute atomic E-state index is 9.67. The SMILES string of the molecule is COc1ccc(CNCc2ccc(Cl)cc2)cc1O. The zero-order valence-electron chi connectivity index (χ0n) is 10.7. The first-order chi connectivity index (χ1) is 9.19. The maximum Gasteiger partial charge on any atom is 0.160 e. The Morgan fingerprint density at radius 3 is 2.32 bits per heavy atom. The van der Waals surface area contributed by atoms with Gasteiger partial charge < -0.3 is 15.2 Å². The second kappa shape index (κ2) is 6.45. The van der Waals surface area contributed by atoms with Gasteiger partial charge in [0.05, 0.1) is 7.11 Å². The average Bonchev–Trinajstić information content (AvgIpc) is 2.41. The van der Waals surface area contributed by atoms with Crippen LogP contribution in [0.15, 0.2) is 42.5 Å². The summed E-state index contributed by atoms with van der Waals surface area (Å²) in [5.74, 6) is 0.648. The van der Waals surface area contributed by atoms with E-state index >= 15 is 0 Å². The topological polar surface area (TPSA) is 41.5 Å². The highest BCUT2D eigenvalue weighted by atomic mass is 35.5. The molecule has 0 radical (unpaired) electrons. The van der Waals surface area contributed by atoms with Crippen LogP contribution in [0.25, 0.3) is 0 Å². The van der Waals surface area contributed by atoms with Crippen LogP contribution in [0, 0.1) is 0 Å². The van der Waals surface area contributed by atoms with E-state index in [2.05, 4.69) is 5.32 Å². The lowest BCUT2D eigenvalue weighted by atomic mass is 10.2. The summed E-state index contributed by atoms with van der Waals surface area (Å²) in [6.45, 7) is 1.43. The van der Waals surface area contributed by atoms with Crippen molar-refractivity contribution >= 4 is 11.6 Å². The van der Waals surface area contributed by atoms with E-state index in [-0.39, 0.29) is 5.75 Å². The van der Waals surface area contributed by atoms with Gasteiger partial charge in [-0.3, -0.25) is 0 Å². The van der Waals surface area contributed by atoms with Gasteiger partial charge in [-0.05, 0) is 35.4 Å². The largest absolute Gasteiger partial charge is 0.504 e. The van der Waals surface area contributed by atoms with E-state index in [1.165, 1.54) is 12.7 Å². The van der Waals surface area contributed by atoms with Gasteiger partial charge in [-0.2, -0.15) is 0 Å². The third-order valence-electron chi connectivity index (χ3n) is 2.81. The number of nitrogens with one attached hydrogen (secondary N) is 1. The van der Waals surface area contributed by atoms with Crippen LogP contribution in [0.5, 0.6) is 11.5 Å². The number of phenolic OH excluding ortho intramolecular Hbond substituents is 1. The Kier molecular flexibility index (Phi) is 4.66. The molecule has 2 rings (SSSR count). The molecule has 4 heteroatoms. The van der Waals surface area contributed by atoms with Gasteiger partial charge in [0.15, 0.2) is 11.5 Å². The van der Waals surface area contributed by atoms with Crippen LogP contribution in [0.4, 0.5) is 0 Å². The number of hydrogen-bond acceptors (Lipinski definition) is 3. The number of aromatic hydroxyl groups is 1. The van der Waals surface area contributed by atoms with Gasteiger partial charge in [0.1, 0.15) is 0 Å². The number of methoxy groups -OCH3 is 1. The standard InChI is InChI=1S/C15H16ClNO2/c1-19-15-7-4-12(8-14(15)18)10-17-9-11-2-5-13(16)6-3-11/h2-8,17-18H,9-10H2,1H3. The van der Waals surface area contributed by atoms with Crippen molar-refractivity contribution in [3.63, 3.8) is 0 Å². The fourth-order valence-electron chi connectivity index (χ4n) is 1.80. The maximum atomic E-state index is 9.67. The zero-order chi connectivity index (χ0) is 13.7. The molecule has 0 saturated heterocycles. The van der Waals surface area contributed by atoms with Crippen LogP contribution in [0.3, 0.4) is 0 Å². The summed E-state index contributed by atoms with van der Waals surface area (Å²) in [7, 11) is 1.54. The van der Waals surface area contributed by atoms with E-state index in [0.29, 0.717) is 12.3 Å². The van der Waals surface area contributed by atoms with E-state index in [1.807, 2.05) is 30.3 Å². The number of phenols is 1. The molecular weight excluding hydrogens is 262 g/mol. The predicted molar refractivity (Wildman–Crippen MR) is 76.7 cm³/mol. The van der Waals surface area contributed by atoms with Crippen LogP contribution >= 0.6 is 11.6 Å². The molecule has 0 fully saturated rings. The zero-order valence-corrected chi connectivity index (χ0v) is 11.4. The van der Waals surface area contributed by atoms with Crippen molar-refractivity contribution in [3.8, 4) is 11.5 Å². The van der Waals surface area contributed by atoms with Crippen molar-refractivity contribution in [1.29, 1.82) is 0 Å². The first-order valence-corrected chi connectivity index (χ1v) is 6.38. The highest BCUT2D eigenvalue weighted by Crippen LogP contribution is 2.26. The summed E-state index contributed by atoms with van der Waals surface area (Å²) in [6, 6.07) is 13.1. The van der Waals surface area contributed by atoms with Crippen molar-refractivity contribution < 1.29 is 9.84 Å². The summed E-state index contributed by atoms with van der Waals surface area (Å²) in [4.78, 5) is 0. The van der Waals surface area contributed by atoms with E-state index in [4.69, 9.17) is 16.3 Å². The molecule has 0 aliphatic heterocycles. The van der Waals surface area contributed by atoms with E-state index in [0.717, 1.165) is 17.1 Å². The summed E-state index contributed by atoms with van der Waals surface area (Å²) in [6.07, 6.45) is 0. The molecule has 0 aliphatic rings. The van der Waals surface area contributed by atoms with E-state index < -0.39 is 0 Å². The lowest BCUT2D eigenvalue weighted by Crippen LogP contribution is -2.12. The van der Waals surface area contributed by atoms with Crippen LogP contribution in [-0.2, 0) is 13.1 Å². The molecule has 0 saturated carbocycles. The van der Waals surface area contributed by atoms with Crippen molar-refractivity contribution in [2.24, 2.45) is 0 Å². The Morgan fingerprint density at radius 2 is 1.68 bits per heavy atom. The Bertz CT molecular complexity index is 540. The smallest absolute Gasteiger partial charge is 0.160 e. The Labute approximate surface area is 117 Å². The van der Waals surface area contributed by atoms with Crippen molar-refractivity contribution in [1.82, 2.24) is 5.32 Å². The van der Waals surface area contributed by atoms with Gasteiger partial charge >= 0.3 is 0 Å². The second-order valence-corrected chi connectivity index (χ2v) is 4.67. The van der Waals surface area contributed by atoms with Gasteiger partial charge in [-0.15, -0.1) is 0 Å². The van der Waals surface area contributed by atoms with Gasteiger partial charge in [0.2, 0.25) is 0 Å².